The molecule has 1 heterocycles. The Morgan fingerprint density at radius 2 is 2.24 bits per heavy atom. The molecule has 0 aliphatic heterocycles. The lowest BCUT2D eigenvalue weighted by atomic mass is 10.2. The van der Waals surface area contributed by atoms with Gasteiger partial charge in [0.05, 0.1) is 5.02 Å². The molecule has 17 heavy (non-hydrogen) atoms. The van der Waals surface area contributed by atoms with Crippen molar-refractivity contribution in [3.63, 3.8) is 0 Å². The van der Waals surface area contributed by atoms with Crippen LogP contribution in [0, 0.1) is 0 Å². The van der Waals surface area contributed by atoms with Gasteiger partial charge in [-0.25, -0.2) is 4.98 Å². The van der Waals surface area contributed by atoms with E-state index in [1.54, 1.807) is 18.0 Å². The number of nitrogens with one attached hydrogen (secondary N) is 1. The van der Waals surface area contributed by atoms with E-state index in [-0.39, 0.29) is 0 Å². The lowest BCUT2D eigenvalue weighted by molar-refractivity contribution is 0.511. The summed E-state index contributed by atoms with van der Waals surface area (Å²) in [6, 6.07) is 4.33. The molecule has 4 heteroatoms. The van der Waals surface area contributed by atoms with Gasteiger partial charge in [-0.1, -0.05) is 31.9 Å². The number of hydrogen-bond acceptors (Lipinski definition) is 3. The van der Waals surface area contributed by atoms with E-state index in [1.807, 2.05) is 12.1 Å². The Balaban J connectivity index is 2.34. The molecule has 1 N–H and O–H groups in total. The normalized spacial score (nSPS) is 14.6. The highest BCUT2D eigenvalue weighted by molar-refractivity contribution is 8.00. The summed E-state index contributed by atoms with van der Waals surface area (Å²) in [5.74, 6) is 0. The fourth-order valence-corrected chi connectivity index (χ4v) is 2.71. The molecule has 0 aliphatic carbocycles. The van der Waals surface area contributed by atoms with Crippen LogP contribution in [0.4, 0.5) is 0 Å². The van der Waals surface area contributed by atoms with Crippen molar-refractivity contribution >= 4 is 23.4 Å². The van der Waals surface area contributed by atoms with Crippen LogP contribution in [0.15, 0.2) is 23.4 Å². The predicted molar refractivity (Wildman–Crippen MR) is 76.9 cm³/mol. The monoisotopic (exact) mass is 272 g/mol. The molecule has 0 aliphatic rings. The Kier molecular flexibility index (Phi) is 6.93. The molecule has 2 atom stereocenters. The van der Waals surface area contributed by atoms with E-state index in [9.17, 15) is 0 Å². The van der Waals surface area contributed by atoms with Gasteiger partial charge in [-0.05, 0) is 25.5 Å². The summed E-state index contributed by atoms with van der Waals surface area (Å²) in [5, 5.41) is 5.67. The third kappa shape index (κ3) is 5.75. The zero-order valence-corrected chi connectivity index (χ0v) is 12.3. The molecule has 96 valence electrons. The first-order valence-electron chi connectivity index (χ1n) is 6.14. The van der Waals surface area contributed by atoms with Crippen molar-refractivity contribution < 1.29 is 0 Å². The van der Waals surface area contributed by atoms with E-state index in [0.29, 0.717) is 11.3 Å². The first-order chi connectivity index (χ1) is 8.13. The largest absolute Gasteiger partial charge is 0.313 e. The van der Waals surface area contributed by atoms with Gasteiger partial charge in [-0.3, -0.25) is 0 Å². The first-order valence-corrected chi connectivity index (χ1v) is 7.39. The van der Waals surface area contributed by atoms with Gasteiger partial charge < -0.3 is 5.32 Å². The molecule has 2 nitrogen and oxygen atoms in total. The van der Waals surface area contributed by atoms with Crippen molar-refractivity contribution in [3.8, 4) is 0 Å². The predicted octanol–water partition coefficient (Wildman–Crippen LogP) is 3.99. The number of nitrogens with zero attached hydrogens (tertiary/aromatic N) is 1. The molecule has 0 saturated carbocycles. The average molecular weight is 273 g/mol. The third-order valence-electron chi connectivity index (χ3n) is 2.51. The number of halogens is 1. The van der Waals surface area contributed by atoms with E-state index >= 15 is 0 Å². The Bertz CT molecular complexity index is 333. The van der Waals surface area contributed by atoms with Gasteiger partial charge in [0.1, 0.15) is 5.03 Å². The highest BCUT2D eigenvalue weighted by atomic mass is 35.5. The molecular weight excluding hydrogens is 252 g/mol. The molecule has 0 radical (unpaired) electrons. The maximum atomic E-state index is 6.08. The van der Waals surface area contributed by atoms with Gasteiger partial charge in [0.25, 0.3) is 0 Å². The van der Waals surface area contributed by atoms with Crippen molar-refractivity contribution in [2.75, 3.05) is 6.54 Å². The van der Waals surface area contributed by atoms with Crippen LogP contribution < -0.4 is 5.32 Å². The maximum Gasteiger partial charge on any atom is 0.115 e. The van der Waals surface area contributed by atoms with E-state index in [0.717, 1.165) is 16.6 Å². The zero-order valence-electron chi connectivity index (χ0n) is 10.7. The second kappa shape index (κ2) is 7.96. The summed E-state index contributed by atoms with van der Waals surface area (Å²) in [6.45, 7) is 7.62. The number of hydrogen-bond donors (Lipinski definition) is 1. The van der Waals surface area contributed by atoms with E-state index < -0.39 is 0 Å². The minimum absolute atomic E-state index is 0.474. The smallest absolute Gasteiger partial charge is 0.115 e. The summed E-state index contributed by atoms with van der Waals surface area (Å²) >= 11 is 7.80. The average Bonchev–Trinajstić information content (AvgIpc) is 2.30. The number of thioether (sulfide) groups is 1. The Morgan fingerprint density at radius 3 is 2.88 bits per heavy atom. The Hall–Kier alpha value is -0.250. The molecule has 2 unspecified atom stereocenters. The fraction of sp³-hybridized carbons (Fsp3) is 0.615. The van der Waals surface area contributed by atoms with Crippen LogP contribution in [0.2, 0.25) is 5.02 Å². The molecular formula is C13H21ClN2S. The van der Waals surface area contributed by atoms with Crippen molar-refractivity contribution in [1.82, 2.24) is 10.3 Å². The standard InChI is InChI=1S/C13H21ClN2S/c1-4-6-10(2)16-9-11(3)17-13-12(14)7-5-8-15-13/h5,7-8,10-11,16H,4,6,9H2,1-3H3. The number of rotatable bonds is 7. The lowest BCUT2D eigenvalue weighted by Gasteiger charge is -2.17. The maximum absolute atomic E-state index is 6.08. The van der Waals surface area contributed by atoms with Crippen molar-refractivity contribution in [1.29, 1.82) is 0 Å². The highest BCUT2D eigenvalue weighted by Crippen LogP contribution is 2.27. The van der Waals surface area contributed by atoms with Crippen LogP contribution in [-0.2, 0) is 0 Å². The molecule has 0 amide bonds. The summed E-state index contributed by atoms with van der Waals surface area (Å²) in [4.78, 5) is 4.28. The molecule has 1 aromatic heterocycles. The van der Waals surface area contributed by atoms with Gasteiger partial charge in [0.2, 0.25) is 0 Å². The minimum atomic E-state index is 0.474. The molecule has 0 fully saturated rings. The summed E-state index contributed by atoms with van der Waals surface area (Å²) in [5.41, 5.74) is 0. The molecule has 0 bridgehead atoms. The quantitative estimate of drug-likeness (QED) is 0.760. The molecule has 0 saturated heterocycles. The van der Waals surface area contributed by atoms with Gasteiger partial charge in [0, 0.05) is 24.0 Å². The third-order valence-corrected chi connectivity index (χ3v) is 4.05. The number of pyridine rings is 1. The van der Waals surface area contributed by atoms with Crippen LogP contribution in [0.3, 0.4) is 0 Å². The van der Waals surface area contributed by atoms with Gasteiger partial charge in [0.15, 0.2) is 0 Å². The zero-order chi connectivity index (χ0) is 12.7. The van der Waals surface area contributed by atoms with E-state index in [1.165, 1.54) is 12.8 Å². The SMILES string of the molecule is CCCC(C)NCC(C)Sc1ncccc1Cl. The fourth-order valence-electron chi connectivity index (χ4n) is 1.59. The van der Waals surface area contributed by atoms with Crippen LogP contribution >= 0.6 is 23.4 Å². The summed E-state index contributed by atoms with van der Waals surface area (Å²) < 4.78 is 0. The van der Waals surface area contributed by atoms with Crippen molar-refractivity contribution in [2.24, 2.45) is 0 Å². The molecule has 1 aromatic rings. The van der Waals surface area contributed by atoms with Crippen LogP contribution in [0.5, 0.6) is 0 Å². The van der Waals surface area contributed by atoms with Crippen molar-refractivity contribution in [2.45, 2.75) is 49.9 Å². The van der Waals surface area contributed by atoms with Gasteiger partial charge in [-0.2, -0.15) is 0 Å². The van der Waals surface area contributed by atoms with Crippen molar-refractivity contribution in [3.05, 3.63) is 23.4 Å². The van der Waals surface area contributed by atoms with Crippen LogP contribution in [-0.4, -0.2) is 22.8 Å². The topological polar surface area (TPSA) is 24.9 Å². The van der Waals surface area contributed by atoms with E-state index in [2.05, 4.69) is 31.1 Å². The Morgan fingerprint density at radius 1 is 1.47 bits per heavy atom. The molecule has 0 spiro atoms. The number of aromatic nitrogens is 1. The summed E-state index contributed by atoms with van der Waals surface area (Å²) in [6.07, 6.45) is 4.23. The molecule has 0 aromatic carbocycles. The van der Waals surface area contributed by atoms with Crippen LogP contribution in [0.25, 0.3) is 0 Å². The first kappa shape index (κ1) is 14.8. The Labute approximate surface area is 114 Å². The minimum Gasteiger partial charge on any atom is -0.313 e. The second-order valence-electron chi connectivity index (χ2n) is 4.32. The van der Waals surface area contributed by atoms with E-state index in [4.69, 9.17) is 11.6 Å². The van der Waals surface area contributed by atoms with Gasteiger partial charge in [-0.15, -0.1) is 11.8 Å². The van der Waals surface area contributed by atoms with Crippen LogP contribution in [0.1, 0.15) is 33.6 Å². The molecule has 1 rings (SSSR count). The lowest BCUT2D eigenvalue weighted by Crippen LogP contribution is -2.31. The summed E-state index contributed by atoms with van der Waals surface area (Å²) in [7, 11) is 0. The van der Waals surface area contributed by atoms with Gasteiger partial charge >= 0.3 is 0 Å². The highest BCUT2D eigenvalue weighted by Gasteiger charge is 2.09. The second-order valence-corrected chi connectivity index (χ2v) is 6.15.